The summed E-state index contributed by atoms with van der Waals surface area (Å²) in [5.74, 6) is -13.0. The minimum atomic E-state index is -6.50. The van der Waals surface area contributed by atoms with Crippen LogP contribution in [0.3, 0.4) is 0 Å². The van der Waals surface area contributed by atoms with E-state index in [1.54, 1.807) is 0 Å². The van der Waals surface area contributed by atoms with Crippen molar-refractivity contribution in [2.75, 3.05) is 0 Å². The maximum Gasteiger partial charge on any atom is 0.431 e. The zero-order valence-electron chi connectivity index (χ0n) is 10.4. The van der Waals surface area contributed by atoms with E-state index >= 15 is 0 Å². The van der Waals surface area contributed by atoms with Gasteiger partial charge in [-0.25, -0.2) is 26.3 Å². The lowest BCUT2D eigenvalue weighted by atomic mass is 9.94. The van der Waals surface area contributed by atoms with E-state index in [2.05, 4.69) is 0 Å². The molecule has 23 heavy (non-hydrogen) atoms. The van der Waals surface area contributed by atoms with Crippen molar-refractivity contribution >= 4 is 0 Å². The molecule has 0 fully saturated rings. The molecule has 0 radical (unpaired) electrons. The Hall–Kier alpha value is -1.62. The first-order chi connectivity index (χ1) is 10.1. The van der Waals surface area contributed by atoms with Crippen LogP contribution in [0.25, 0.3) is 0 Å². The van der Waals surface area contributed by atoms with Gasteiger partial charge in [-0.2, -0.15) is 26.3 Å². The third-order valence-electron chi connectivity index (χ3n) is 2.92. The molecule has 0 atom stereocenters. The van der Waals surface area contributed by atoms with Crippen LogP contribution in [-0.2, 0) is 6.42 Å². The van der Waals surface area contributed by atoms with E-state index in [0.29, 0.717) is 0 Å². The second kappa shape index (κ2) is 5.78. The molecule has 0 saturated carbocycles. The molecule has 0 saturated heterocycles. The summed E-state index contributed by atoms with van der Waals surface area (Å²) in [6.45, 7) is 0. The van der Waals surface area contributed by atoms with Gasteiger partial charge in [-0.05, 0) is 6.42 Å². The van der Waals surface area contributed by atoms with Crippen molar-refractivity contribution < 1.29 is 52.7 Å². The molecule has 0 spiro atoms. The van der Waals surface area contributed by atoms with Crippen molar-refractivity contribution in [2.45, 2.75) is 30.9 Å². The Morgan fingerprint density at radius 1 is 0.522 bits per heavy atom. The fourth-order valence-electron chi connectivity index (χ4n) is 1.61. The quantitative estimate of drug-likeness (QED) is 0.396. The number of hydrogen-bond acceptors (Lipinski definition) is 0. The van der Waals surface area contributed by atoms with E-state index in [-0.39, 0.29) is 0 Å². The molecule has 0 aromatic heterocycles. The van der Waals surface area contributed by atoms with E-state index in [1.165, 1.54) is 0 Å². The number of benzene rings is 1. The van der Waals surface area contributed by atoms with E-state index < -0.39 is 65.5 Å². The van der Waals surface area contributed by atoms with E-state index in [1.807, 2.05) is 0 Å². The van der Waals surface area contributed by atoms with Crippen LogP contribution in [0.5, 0.6) is 0 Å². The third-order valence-corrected chi connectivity index (χ3v) is 2.92. The van der Waals surface area contributed by atoms with Gasteiger partial charge in [0.15, 0.2) is 23.3 Å². The fraction of sp³-hybridized carbons (Fsp3) is 0.455. The molecule has 0 aliphatic rings. The van der Waals surface area contributed by atoms with Crippen LogP contribution in [0.15, 0.2) is 0 Å². The Kier molecular flexibility index (Phi) is 4.88. The Bertz CT molecular complexity index is 553. The first-order valence-electron chi connectivity index (χ1n) is 5.47. The molecule has 132 valence electrons. The van der Waals surface area contributed by atoms with Gasteiger partial charge in [0.1, 0.15) is 0 Å². The number of alkyl halides is 7. The molecule has 1 aromatic carbocycles. The van der Waals surface area contributed by atoms with Crippen LogP contribution in [0.4, 0.5) is 52.7 Å². The number of halogens is 12. The summed E-state index contributed by atoms with van der Waals surface area (Å²) < 4.78 is 151. The zero-order valence-corrected chi connectivity index (χ0v) is 10.4. The highest BCUT2D eigenvalue weighted by atomic mass is 19.4. The first-order valence-corrected chi connectivity index (χ1v) is 5.47. The topological polar surface area (TPSA) is 0 Å². The lowest BCUT2D eigenvalue weighted by molar-refractivity contribution is -0.343. The number of hydrogen-bond donors (Lipinski definition) is 0. The van der Waals surface area contributed by atoms with Crippen LogP contribution in [0.2, 0.25) is 0 Å². The second-order valence-corrected chi connectivity index (χ2v) is 4.35. The second-order valence-electron chi connectivity index (χ2n) is 4.35. The summed E-state index contributed by atoms with van der Waals surface area (Å²) in [7, 11) is 0. The van der Waals surface area contributed by atoms with E-state index in [9.17, 15) is 52.7 Å². The molecule has 1 rings (SSSR count). The summed E-state index contributed by atoms with van der Waals surface area (Å²) in [5.41, 5.74) is -7.85. The minimum Gasteiger partial charge on any atom is -0.224 e. The van der Waals surface area contributed by atoms with Gasteiger partial charge in [-0.3, -0.25) is 0 Å². The van der Waals surface area contributed by atoms with Crippen molar-refractivity contribution in [2.24, 2.45) is 0 Å². The van der Waals surface area contributed by atoms with Crippen LogP contribution < -0.4 is 0 Å². The van der Waals surface area contributed by atoms with Crippen molar-refractivity contribution in [1.29, 1.82) is 0 Å². The molecule has 0 nitrogen and oxygen atoms in total. The van der Waals surface area contributed by atoms with Crippen molar-refractivity contribution in [1.82, 2.24) is 0 Å². The third kappa shape index (κ3) is 3.20. The summed E-state index contributed by atoms with van der Waals surface area (Å²) in [6, 6.07) is 0. The van der Waals surface area contributed by atoms with Gasteiger partial charge in [0.25, 0.3) is 5.67 Å². The zero-order chi connectivity index (χ0) is 18.4. The van der Waals surface area contributed by atoms with Crippen molar-refractivity contribution in [3.05, 3.63) is 34.6 Å². The standard InChI is InChI=1S/C11H4F12/c12-4-3(5(13)7(15)8(16)6(4)14)1-2-9(17,10(18,19)20)11(21,22)23/h1-2H2. The highest BCUT2D eigenvalue weighted by Crippen LogP contribution is 2.49. The van der Waals surface area contributed by atoms with Gasteiger partial charge in [-0.1, -0.05) is 0 Å². The molecule has 0 N–H and O–H groups in total. The van der Waals surface area contributed by atoms with Gasteiger partial charge in [0.2, 0.25) is 5.82 Å². The molecule has 1 aromatic rings. The van der Waals surface area contributed by atoms with E-state index in [4.69, 9.17) is 0 Å². The molecule has 0 aliphatic carbocycles. The maximum absolute atomic E-state index is 13.3. The predicted octanol–water partition coefficient (Wildman–Crippen LogP) is 5.15. The summed E-state index contributed by atoms with van der Waals surface area (Å²) in [5, 5.41) is 0. The van der Waals surface area contributed by atoms with Crippen LogP contribution in [0.1, 0.15) is 12.0 Å². The monoisotopic (exact) mass is 364 g/mol. The van der Waals surface area contributed by atoms with Crippen molar-refractivity contribution in [3.63, 3.8) is 0 Å². The lowest BCUT2D eigenvalue weighted by Crippen LogP contribution is -2.53. The smallest absolute Gasteiger partial charge is 0.224 e. The van der Waals surface area contributed by atoms with Gasteiger partial charge in [-0.15, -0.1) is 0 Å². The van der Waals surface area contributed by atoms with Crippen LogP contribution >= 0.6 is 0 Å². The molecular formula is C11H4F12. The maximum atomic E-state index is 13.3. The molecule has 0 amide bonds. The Morgan fingerprint density at radius 3 is 1.13 bits per heavy atom. The highest BCUT2D eigenvalue weighted by Gasteiger charge is 2.71. The molecule has 0 bridgehead atoms. The SMILES string of the molecule is Fc1c(F)c(F)c(CCC(F)(C(F)(F)F)C(F)(F)F)c(F)c1F. The Morgan fingerprint density at radius 2 is 0.826 bits per heavy atom. The molecule has 0 aliphatic heterocycles. The fourth-order valence-corrected chi connectivity index (χ4v) is 1.61. The summed E-state index contributed by atoms with van der Waals surface area (Å²) in [6.07, 6.45) is -17.6. The Labute approximate surface area is 119 Å². The van der Waals surface area contributed by atoms with Gasteiger partial charge in [0, 0.05) is 12.0 Å². The Balaban J connectivity index is 3.30. The lowest BCUT2D eigenvalue weighted by Gasteiger charge is -2.30. The normalized spacial score (nSPS) is 13.6. The summed E-state index contributed by atoms with van der Waals surface area (Å²) >= 11 is 0. The average molecular weight is 364 g/mol. The summed E-state index contributed by atoms with van der Waals surface area (Å²) in [4.78, 5) is 0. The van der Waals surface area contributed by atoms with Gasteiger partial charge >= 0.3 is 12.4 Å². The van der Waals surface area contributed by atoms with Crippen LogP contribution in [0, 0.1) is 29.1 Å². The predicted molar refractivity (Wildman–Crippen MR) is 50.5 cm³/mol. The van der Waals surface area contributed by atoms with Crippen molar-refractivity contribution in [3.8, 4) is 0 Å². The van der Waals surface area contributed by atoms with Gasteiger partial charge in [0.05, 0.1) is 0 Å². The van der Waals surface area contributed by atoms with Crippen LogP contribution in [-0.4, -0.2) is 18.0 Å². The molecule has 12 heteroatoms. The van der Waals surface area contributed by atoms with E-state index in [0.717, 1.165) is 0 Å². The highest BCUT2D eigenvalue weighted by molar-refractivity contribution is 5.24. The minimum absolute atomic E-state index is 1.98. The molecule has 0 heterocycles. The average Bonchev–Trinajstić information content (AvgIpc) is 2.40. The molecule has 0 unspecified atom stereocenters. The first kappa shape index (κ1) is 19.4. The number of rotatable bonds is 3. The largest absolute Gasteiger partial charge is 0.431 e. The molecular weight excluding hydrogens is 360 g/mol. The van der Waals surface area contributed by atoms with Gasteiger partial charge < -0.3 is 0 Å².